The highest BCUT2D eigenvalue weighted by Gasteiger charge is 2.17. The van der Waals surface area contributed by atoms with Crippen LogP contribution in [0.1, 0.15) is 37.0 Å². The molecule has 1 fully saturated rings. The zero-order chi connectivity index (χ0) is 22.2. The van der Waals surface area contributed by atoms with Crippen LogP contribution in [0.15, 0.2) is 36.5 Å². The molecule has 1 aromatic carbocycles. The first-order valence-electron chi connectivity index (χ1n) is 11.0. The van der Waals surface area contributed by atoms with Crippen LogP contribution in [0, 0.1) is 5.92 Å². The fraction of sp³-hybridized carbons (Fsp3) is 0.500. The highest BCUT2D eigenvalue weighted by atomic mass is 16.5. The Kier molecular flexibility index (Phi) is 8.12. The molecule has 7 heteroatoms. The third-order valence-electron chi connectivity index (χ3n) is 5.59. The molecule has 168 valence electrons. The Labute approximate surface area is 185 Å². The monoisotopic (exact) mass is 426 g/mol. The molecule has 31 heavy (non-hydrogen) atoms. The number of ether oxygens (including phenoxy) is 2. The average molecular weight is 427 g/mol. The molecule has 7 nitrogen and oxygen atoms in total. The number of anilines is 2. The molecule has 0 aliphatic carbocycles. The predicted octanol–water partition coefficient (Wildman–Crippen LogP) is 3.91. The quantitative estimate of drug-likeness (QED) is 0.690. The van der Waals surface area contributed by atoms with Crippen molar-refractivity contribution in [3.63, 3.8) is 0 Å². The zero-order valence-corrected chi connectivity index (χ0v) is 19.1. The summed E-state index contributed by atoms with van der Waals surface area (Å²) in [4.78, 5) is 22.1. The van der Waals surface area contributed by atoms with Gasteiger partial charge in [0, 0.05) is 25.2 Å². The smallest absolute Gasteiger partial charge is 0.255 e. The van der Waals surface area contributed by atoms with Crippen LogP contribution in [0.5, 0.6) is 11.5 Å². The number of carbonyl (C=O) groups excluding carboxylic acids is 1. The Morgan fingerprint density at radius 1 is 1.06 bits per heavy atom. The molecule has 1 saturated heterocycles. The van der Waals surface area contributed by atoms with Crippen LogP contribution >= 0.6 is 0 Å². The Hall–Kier alpha value is -2.80. The van der Waals surface area contributed by atoms with E-state index in [9.17, 15) is 4.79 Å². The third kappa shape index (κ3) is 6.34. The fourth-order valence-corrected chi connectivity index (χ4v) is 3.69. The number of hydrogen-bond acceptors (Lipinski definition) is 6. The second-order valence-corrected chi connectivity index (χ2v) is 8.29. The zero-order valence-electron chi connectivity index (χ0n) is 19.1. The maximum Gasteiger partial charge on any atom is 0.255 e. The van der Waals surface area contributed by atoms with Crippen molar-refractivity contribution in [3.8, 4) is 11.5 Å². The summed E-state index contributed by atoms with van der Waals surface area (Å²) in [6.45, 7) is 9.90. The third-order valence-corrected chi connectivity index (χ3v) is 5.59. The average Bonchev–Trinajstić information content (AvgIpc) is 3.03. The van der Waals surface area contributed by atoms with Crippen molar-refractivity contribution in [2.75, 3.05) is 57.2 Å². The number of aromatic nitrogens is 1. The first-order chi connectivity index (χ1) is 15.0. The van der Waals surface area contributed by atoms with Crippen molar-refractivity contribution in [1.29, 1.82) is 0 Å². The molecule has 1 aromatic heterocycles. The second kappa shape index (κ2) is 11.0. The molecule has 1 aliphatic rings. The lowest BCUT2D eigenvalue weighted by Crippen LogP contribution is -2.32. The van der Waals surface area contributed by atoms with Gasteiger partial charge in [-0.15, -0.1) is 0 Å². The molecule has 1 N–H and O–H groups in total. The van der Waals surface area contributed by atoms with Crippen LogP contribution in [0.3, 0.4) is 0 Å². The van der Waals surface area contributed by atoms with E-state index >= 15 is 0 Å². The molecule has 0 saturated carbocycles. The number of amides is 1. The van der Waals surface area contributed by atoms with E-state index in [4.69, 9.17) is 9.47 Å². The maximum absolute atomic E-state index is 12.6. The first-order valence-corrected chi connectivity index (χ1v) is 11.0. The van der Waals surface area contributed by atoms with Crippen molar-refractivity contribution in [2.24, 2.45) is 5.92 Å². The number of benzene rings is 1. The molecule has 3 rings (SSSR count). The number of rotatable bonds is 8. The van der Waals surface area contributed by atoms with Crippen LogP contribution in [0.25, 0.3) is 0 Å². The van der Waals surface area contributed by atoms with E-state index in [1.54, 1.807) is 38.6 Å². The molecule has 0 unspecified atom stereocenters. The molecule has 0 radical (unpaired) electrons. The molecule has 0 atom stereocenters. The van der Waals surface area contributed by atoms with Gasteiger partial charge in [-0.3, -0.25) is 4.79 Å². The van der Waals surface area contributed by atoms with Crippen molar-refractivity contribution in [1.82, 2.24) is 9.88 Å². The second-order valence-electron chi connectivity index (χ2n) is 8.29. The first kappa shape index (κ1) is 22.9. The molecule has 2 aromatic rings. The van der Waals surface area contributed by atoms with Crippen molar-refractivity contribution in [3.05, 3.63) is 42.1 Å². The number of methoxy groups -OCH3 is 2. The van der Waals surface area contributed by atoms with Crippen LogP contribution in [0.4, 0.5) is 11.5 Å². The number of carbonyl (C=O) groups is 1. The molecular weight excluding hydrogens is 392 g/mol. The van der Waals surface area contributed by atoms with E-state index in [0.29, 0.717) is 22.7 Å². The van der Waals surface area contributed by atoms with Crippen molar-refractivity contribution >= 4 is 17.4 Å². The normalized spacial score (nSPS) is 14.9. The predicted molar refractivity (Wildman–Crippen MR) is 124 cm³/mol. The van der Waals surface area contributed by atoms with Crippen LogP contribution in [-0.4, -0.2) is 62.7 Å². The Bertz CT molecular complexity index is 854. The molecule has 0 spiro atoms. The summed E-state index contributed by atoms with van der Waals surface area (Å²) in [7, 11) is 3.12. The van der Waals surface area contributed by atoms with E-state index in [1.165, 1.54) is 13.0 Å². The standard InChI is InChI=1S/C24H34N4O3/c1-18(2)10-13-27-11-5-12-28(15-14-27)23-9-7-20(17-25-23)26-24(29)19-6-8-21(30-3)22(16-19)31-4/h6-9,16-18H,5,10-15H2,1-4H3,(H,26,29). The van der Waals surface area contributed by atoms with Crippen LogP contribution in [-0.2, 0) is 0 Å². The minimum Gasteiger partial charge on any atom is -0.493 e. The summed E-state index contributed by atoms with van der Waals surface area (Å²) in [6, 6.07) is 8.98. The van der Waals surface area contributed by atoms with Gasteiger partial charge >= 0.3 is 0 Å². The number of hydrogen-bond donors (Lipinski definition) is 1. The Morgan fingerprint density at radius 2 is 1.87 bits per heavy atom. The summed E-state index contributed by atoms with van der Waals surface area (Å²) >= 11 is 0. The van der Waals surface area contributed by atoms with Gasteiger partial charge in [0.2, 0.25) is 0 Å². The van der Waals surface area contributed by atoms with Gasteiger partial charge in [-0.25, -0.2) is 4.98 Å². The van der Waals surface area contributed by atoms with Gasteiger partial charge in [-0.2, -0.15) is 0 Å². The largest absolute Gasteiger partial charge is 0.493 e. The number of pyridine rings is 1. The molecule has 2 heterocycles. The lowest BCUT2D eigenvalue weighted by molar-refractivity contribution is 0.102. The van der Waals surface area contributed by atoms with Gasteiger partial charge in [-0.05, 0) is 62.2 Å². The summed E-state index contributed by atoms with van der Waals surface area (Å²) in [5.41, 5.74) is 1.16. The number of nitrogens with zero attached hydrogens (tertiary/aromatic N) is 3. The van der Waals surface area contributed by atoms with E-state index in [-0.39, 0.29) is 5.91 Å². The van der Waals surface area contributed by atoms with Crippen LogP contribution in [0.2, 0.25) is 0 Å². The molecule has 1 amide bonds. The Balaban J connectivity index is 1.58. The fourth-order valence-electron chi connectivity index (χ4n) is 3.69. The highest BCUT2D eigenvalue weighted by Crippen LogP contribution is 2.28. The lowest BCUT2D eigenvalue weighted by Gasteiger charge is -2.23. The van der Waals surface area contributed by atoms with Gasteiger partial charge in [0.1, 0.15) is 5.82 Å². The summed E-state index contributed by atoms with van der Waals surface area (Å²) in [5.74, 6) is 2.58. The number of nitrogens with one attached hydrogen (secondary N) is 1. The highest BCUT2D eigenvalue weighted by molar-refractivity contribution is 6.04. The minimum atomic E-state index is -0.217. The molecule has 0 bridgehead atoms. The lowest BCUT2D eigenvalue weighted by atomic mass is 10.1. The molecule has 1 aliphatic heterocycles. The van der Waals surface area contributed by atoms with Gasteiger partial charge in [0.25, 0.3) is 5.91 Å². The topological polar surface area (TPSA) is 66.9 Å². The van der Waals surface area contributed by atoms with Gasteiger partial charge in [0.15, 0.2) is 11.5 Å². The van der Waals surface area contributed by atoms with Gasteiger partial charge < -0.3 is 24.6 Å². The minimum absolute atomic E-state index is 0.217. The maximum atomic E-state index is 12.6. The van der Waals surface area contributed by atoms with E-state index in [1.807, 2.05) is 12.1 Å². The summed E-state index contributed by atoms with van der Waals surface area (Å²) in [5, 5.41) is 2.90. The van der Waals surface area contributed by atoms with Crippen molar-refractivity contribution in [2.45, 2.75) is 26.7 Å². The van der Waals surface area contributed by atoms with Gasteiger partial charge in [0.05, 0.1) is 26.1 Å². The molecular formula is C24H34N4O3. The van der Waals surface area contributed by atoms with E-state index in [0.717, 1.165) is 44.3 Å². The van der Waals surface area contributed by atoms with E-state index < -0.39 is 0 Å². The summed E-state index contributed by atoms with van der Waals surface area (Å²) < 4.78 is 10.5. The SMILES string of the molecule is COc1ccc(C(=O)Nc2ccc(N3CCCN(CCC(C)C)CC3)nc2)cc1OC. The summed E-state index contributed by atoms with van der Waals surface area (Å²) in [6.07, 6.45) is 4.10. The van der Waals surface area contributed by atoms with Crippen LogP contribution < -0.4 is 19.7 Å². The van der Waals surface area contributed by atoms with Crippen molar-refractivity contribution < 1.29 is 14.3 Å². The van der Waals surface area contributed by atoms with Gasteiger partial charge in [-0.1, -0.05) is 13.8 Å². The van der Waals surface area contributed by atoms with E-state index in [2.05, 4.69) is 33.9 Å². The Morgan fingerprint density at radius 3 is 2.55 bits per heavy atom.